The van der Waals surface area contributed by atoms with Crippen molar-refractivity contribution < 1.29 is 13.9 Å². The maximum absolute atomic E-state index is 12.5. The molecule has 0 unspecified atom stereocenters. The Balaban J connectivity index is 1.75. The van der Waals surface area contributed by atoms with E-state index in [4.69, 9.17) is 25.5 Å². The topological polar surface area (TPSA) is 48.7 Å². The second-order valence-corrected chi connectivity index (χ2v) is 6.26. The van der Waals surface area contributed by atoms with Gasteiger partial charge in [-0.1, -0.05) is 35.4 Å². The number of fused-ring (bicyclic) bond motifs is 3. The Morgan fingerprint density at radius 2 is 2.04 bits per heavy atom. The van der Waals surface area contributed by atoms with E-state index in [2.05, 4.69) is 0 Å². The summed E-state index contributed by atoms with van der Waals surface area (Å²) in [5.74, 6) is 1.12. The fourth-order valence-corrected chi connectivity index (χ4v) is 3.08. The first-order valence-electron chi connectivity index (χ1n) is 7.90. The van der Waals surface area contributed by atoms with Gasteiger partial charge in [0.2, 0.25) is 0 Å². The van der Waals surface area contributed by atoms with Gasteiger partial charge in [-0.15, -0.1) is 0 Å². The third kappa shape index (κ3) is 2.89. The average molecular weight is 355 g/mol. The van der Waals surface area contributed by atoms with Crippen LogP contribution in [0.1, 0.15) is 11.1 Å². The number of benzene rings is 2. The molecule has 1 aromatic heterocycles. The summed E-state index contributed by atoms with van der Waals surface area (Å²) in [7, 11) is 0. The van der Waals surface area contributed by atoms with Gasteiger partial charge in [0, 0.05) is 5.57 Å². The molecule has 126 valence electrons. The standard InChI is InChI=1S/C20H15ClO4/c1-12-6-7-16-14(10-12)19-18(20(22)25-16)13(8-9-23-19)11-24-17-5-3-2-4-15(17)21/h2-8,10H,9,11H2,1H3. The Morgan fingerprint density at radius 1 is 1.20 bits per heavy atom. The van der Waals surface area contributed by atoms with Crippen LogP contribution in [0.5, 0.6) is 11.5 Å². The molecule has 5 heteroatoms. The fraction of sp³-hybridized carbons (Fsp3) is 0.150. The van der Waals surface area contributed by atoms with Crippen molar-refractivity contribution in [3.8, 4) is 11.5 Å². The average Bonchev–Trinajstić information content (AvgIpc) is 2.62. The normalized spacial score (nSPS) is 13.1. The molecule has 0 fully saturated rings. The van der Waals surface area contributed by atoms with Crippen molar-refractivity contribution in [2.45, 2.75) is 6.92 Å². The van der Waals surface area contributed by atoms with Crippen molar-refractivity contribution in [1.29, 1.82) is 0 Å². The van der Waals surface area contributed by atoms with E-state index in [1.165, 1.54) is 0 Å². The molecule has 0 N–H and O–H groups in total. The highest BCUT2D eigenvalue weighted by atomic mass is 35.5. The van der Waals surface area contributed by atoms with E-state index in [1.54, 1.807) is 18.2 Å². The molecule has 2 heterocycles. The summed E-state index contributed by atoms with van der Waals surface area (Å²) in [4.78, 5) is 12.5. The van der Waals surface area contributed by atoms with E-state index in [1.807, 2.05) is 37.3 Å². The minimum absolute atomic E-state index is 0.210. The monoisotopic (exact) mass is 354 g/mol. The second kappa shape index (κ2) is 6.30. The molecule has 1 aliphatic heterocycles. The van der Waals surface area contributed by atoms with Crippen LogP contribution in [0.15, 0.2) is 57.8 Å². The Labute approximate surface area is 149 Å². The lowest BCUT2D eigenvalue weighted by Gasteiger charge is -2.19. The van der Waals surface area contributed by atoms with Crippen molar-refractivity contribution in [2.75, 3.05) is 13.2 Å². The molecule has 0 saturated carbocycles. The van der Waals surface area contributed by atoms with Gasteiger partial charge in [0.05, 0.1) is 10.4 Å². The molecule has 2 aromatic carbocycles. The Bertz CT molecular complexity index is 1050. The largest absolute Gasteiger partial charge is 0.488 e. The van der Waals surface area contributed by atoms with E-state index in [9.17, 15) is 4.79 Å². The van der Waals surface area contributed by atoms with Gasteiger partial charge in [0.25, 0.3) is 0 Å². The van der Waals surface area contributed by atoms with Crippen LogP contribution in [0.25, 0.3) is 16.5 Å². The molecule has 0 aliphatic carbocycles. The molecule has 0 spiro atoms. The number of ether oxygens (including phenoxy) is 2. The van der Waals surface area contributed by atoms with Crippen molar-refractivity contribution in [3.63, 3.8) is 0 Å². The highest BCUT2D eigenvalue weighted by Crippen LogP contribution is 2.35. The first-order chi connectivity index (χ1) is 12.1. The molecule has 0 atom stereocenters. The summed E-state index contributed by atoms with van der Waals surface area (Å²) in [6, 6.07) is 12.9. The fourth-order valence-electron chi connectivity index (χ4n) is 2.89. The Hall–Kier alpha value is -2.72. The van der Waals surface area contributed by atoms with E-state index in [0.29, 0.717) is 34.3 Å². The first-order valence-corrected chi connectivity index (χ1v) is 8.28. The van der Waals surface area contributed by atoms with Crippen LogP contribution in [0.4, 0.5) is 0 Å². The van der Waals surface area contributed by atoms with Crippen molar-refractivity contribution in [1.82, 2.24) is 0 Å². The smallest absolute Gasteiger partial charge is 0.347 e. The van der Waals surface area contributed by atoms with Crippen LogP contribution in [-0.4, -0.2) is 13.2 Å². The summed E-state index contributed by atoms with van der Waals surface area (Å²) in [5.41, 5.74) is 2.30. The summed E-state index contributed by atoms with van der Waals surface area (Å²) in [6.07, 6.45) is 1.83. The number of hydrogen-bond acceptors (Lipinski definition) is 4. The van der Waals surface area contributed by atoms with Gasteiger partial charge in [0.1, 0.15) is 35.9 Å². The van der Waals surface area contributed by atoms with Crippen LogP contribution in [0.3, 0.4) is 0 Å². The molecule has 3 aromatic rings. The predicted octanol–water partition coefficient (Wildman–Crippen LogP) is 4.61. The Kier molecular flexibility index (Phi) is 3.98. The molecule has 0 bridgehead atoms. The zero-order valence-electron chi connectivity index (χ0n) is 13.5. The van der Waals surface area contributed by atoms with Crippen molar-refractivity contribution in [3.05, 3.63) is 75.1 Å². The van der Waals surface area contributed by atoms with E-state index < -0.39 is 5.63 Å². The Morgan fingerprint density at radius 3 is 2.88 bits per heavy atom. The zero-order valence-corrected chi connectivity index (χ0v) is 14.3. The molecule has 0 amide bonds. The van der Waals surface area contributed by atoms with Crippen LogP contribution in [0.2, 0.25) is 5.02 Å². The number of halogens is 1. The number of rotatable bonds is 3. The van der Waals surface area contributed by atoms with Gasteiger partial charge in [-0.2, -0.15) is 0 Å². The zero-order chi connectivity index (χ0) is 17.4. The predicted molar refractivity (Wildman–Crippen MR) is 97.6 cm³/mol. The maximum Gasteiger partial charge on any atom is 0.347 e. The highest BCUT2D eigenvalue weighted by Gasteiger charge is 2.23. The molecule has 4 rings (SSSR count). The van der Waals surface area contributed by atoms with Crippen molar-refractivity contribution >= 4 is 28.1 Å². The van der Waals surface area contributed by atoms with Gasteiger partial charge in [0.15, 0.2) is 0 Å². The van der Waals surface area contributed by atoms with E-state index in [0.717, 1.165) is 16.5 Å². The van der Waals surface area contributed by atoms with E-state index >= 15 is 0 Å². The van der Waals surface area contributed by atoms with Gasteiger partial charge < -0.3 is 13.9 Å². The van der Waals surface area contributed by atoms with Crippen LogP contribution in [-0.2, 0) is 0 Å². The second-order valence-electron chi connectivity index (χ2n) is 5.85. The van der Waals surface area contributed by atoms with Crippen LogP contribution >= 0.6 is 11.6 Å². The molecule has 0 saturated heterocycles. The van der Waals surface area contributed by atoms with Crippen LogP contribution < -0.4 is 15.1 Å². The lowest BCUT2D eigenvalue weighted by molar-refractivity contribution is 0.341. The third-order valence-corrected chi connectivity index (χ3v) is 4.42. The van der Waals surface area contributed by atoms with Gasteiger partial charge in [-0.3, -0.25) is 0 Å². The summed E-state index contributed by atoms with van der Waals surface area (Å²) < 4.78 is 17.0. The molecule has 25 heavy (non-hydrogen) atoms. The SMILES string of the molecule is Cc1ccc2oc(=O)c3c(c2c1)OCC=C3COc1ccccc1Cl. The van der Waals surface area contributed by atoms with Gasteiger partial charge in [-0.05, 0) is 37.3 Å². The molecule has 0 radical (unpaired) electrons. The molecular formula is C20H15ClO4. The number of hydrogen-bond donors (Lipinski definition) is 0. The van der Waals surface area contributed by atoms with Crippen LogP contribution in [0, 0.1) is 6.92 Å². The van der Waals surface area contributed by atoms with E-state index in [-0.39, 0.29) is 6.61 Å². The maximum atomic E-state index is 12.5. The van der Waals surface area contributed by atoms with Gasteiger partial charge in [-0.25, -0.2) is 4.79 Å². The summed E-state index contributed by atoms with van der Waals surface area (Å²) >= 11 is 6.12. The third-order valence-electron chi connectivity index (χ3n) is 4.11. The minimum atomic E-state index is -0.430. The molecular weight excluding hydrogens is 340 g/mol. The molecule has 1 aliphatic rings. The van der Waals surface area contributed by atoms with Crippen molar-refractivity contribution in [2.24, 2.45) is 0 Å². The summed E-state index contributed by atoms with van der Waals surface area (Å²) in [6.45, 7) is 2.57. The number of para-hydroxylation sites is 1. The highest BCUT2D eigenvalue weighted by molar-refractivity contribution is 6.32. The molecule has 4 nitrogen and oxygen atoms in total. The lowest BCUT2D eigenvalue weighted by atomic mass is 10.0. The lowest BCUT2D eigenvalue weighted by Crippen LogP contribution is -2.18. The summed E-state index contributed by atoms with van der Waals surface area (Å²) in [5, 5.41) is 1.31. The first kappa shape index (κ1) is 15.8. The minimum Gasteiger partial charge on any atom is -0.488 e. The quantitative estimate of drug-likeness (QED) is 0.644. The van der Waals surface area contributed by atoms with Gasteiger partial charge >= 0.3 is 5.63 Å². The number of aryl methyl sites for hydroxylation is 1.